The van der Waals surface area contributed by atoms with Crippen LogP contribution in [0.2, 0.25) is 0 Å². The molecule has 0 N–H and O–H groups in total. The first-order valence-electron chi connectivity index (χ1n) is 7.57. The van der Waals surface area contributed by atoms with Gasteiger partial charge in [-0.05, 0) is 36.0 Å². The largest absolute Gasteiger partial charge is 0.0599 e. The first kappa shape index (κ1) is 12.5. The van der Waals surface area contributed by atoms with Crippen LogP contribution in [0.5, 0.6) is 0 Å². The van der Waals surface area contributed by atoms with Crippen LogP contribution >= 0.6 is 0 Å². The van der Waals surface area contributed by atoms with Gasteiger partial charge in [-0.25, -0.2) is 0 Å². The molecular weight excluding hydrogens is 192 g/mol. The summed E-state index contributed by atoms with van der Waals surface area (Å²) in [5.41, 5.74) is 0.549. The fraction of sp³-hybridized carbons (Fsp3) is 1.00. The van der Waals surface area contributed by atoms with E-state index in [1.54, 1.807) is 12.8 Å². The monoisotopic (exact) mass is 222 g/mol. The van der Waals surface area contributed by atoms with Crippen molar-refractivity contribution in [2.24, 2.45) is 23.2 Å². The minimum absolute atomic E-state index is 0.549. The highest BCUT2D eigenvalue weighted by Crippen LogP contribution is 2.45. The molecule has 0 heteroatoms. The van der Waals surface area contributed by atoms with Gasteiger partial charge in [0.05, 0.1) is 0 Å². The second-order valence-electron chi connectivity index (χ2n) is 7.39. The quantitative estimate of drug-likeness (QED) is 0.556. The normalized spacial score (nSPS) is 33.9. The van der Waals surface area contributed by atoms with Crippen molar-refractivity contribution in [3.05, 3.63) is 0 Å². The highest BCUT2D eigenvalue weighted by atomic mass is 14.4. The zero-order valence-electron chi connectivity index (χ0n) is 11.6. The van der Waals surface area contributed by atoms with E-state index in [1.165, 1.54) is 44.9 Å². The molecule has 94 valence electrons. The summed E-state index contributed by atoms with van der Waals surface area (Å²) in [5.74, 6) is 3.17. The molecule has 0 spiro atoms. The summed E-state index contributed by atoms with van der Waals surface area (Å²) in [7, 11) is 0. The third kappa shape index (κ3) is 3.02. The molecule has 0 bridgehead atoms. The number of hydrogen-bond donors (Lipinski definition) is 0. The SMILES string of the molecule is CC(C)(C)C1CCCC(C2CCCCC2)C1. The van der Waals surface area contributed by atoms with Gasteiger partial charge in [0.15, 0.2) is 0 Å². The Bertz CT molecular complexity index is 205. The highest BCUT2D eigenvalue weighted by molar-refractivity contribution is 4.85. The molecule has 16 heavy (non-hydrogen) atoms. The van der Waals surface area contributed by atoms with Crippen molar-refractivity contribution in [2.75, 3.05) is 0 Å². The molecule has 0 aromatic rings. The van der Waals surface area contributed by atoms with Crippen LogP contribution in [0, 0.1) is 23.2 Å². The molecule has 0 aromatic heterocycles. The Morgan fingerprint density at radius 1 is 0.688 bits per heavy atom. The molecule has 0 aliphatic heterocycles. The number of rotatable bonds is 1. The van der Waals surface area contributed by atoms with Gasteiger partial charge < -0.3 is 0 Å². The van der Waals surface area contributed by atoms with Crippen molar-refractivity contribution in [3.8, 4) is 0 Å². The third-order valence-electron chi connectivity index (χ3n) is 5.26. The lowest BCUT2D eigenvalue weighted by molar-refractivity contribution is 0.0966. The second-order valence-corrected chi connectivity index (χ2v) is 7.39. The highest BCUT2D eigenvalue weighted by Gasteiger charge is 2.34. The van der Waals surface area contributed by atoms with Gasteiger partial charge in [-0.1, -0.05) is 65.7 Å². The van der Waals surface area contributed by atoms with Crippen LogP contribution < -0.4 is 0 Å². The van der Waals surface area contributed by atoms with Gasteiger partial charge in [-0.15, -0.1) is 0 Å². The smallest absolute Gasteiger partial charge is 0.0354 e. The molecule has 2 saturated carbocycles. The second kappa shape index (κ2) is 5.10. The minimum atomic E-state index is 0.549. The summed E-state index contributed by atoms with van der Waals surface area (Å²) in [6.07, 6.45) is 13.7. The molecule has 2 atom stereocenters. The Morgan fingerprint density at radius 3 is 1.94 bits per heavy atom. The number of hydrogen-bond acceptors (Lipinski definition) is 0. The maximum Gasteiger partial charge on any atom is -0.0354 e. The standard InChI is InChI=1S/C16H30/c1-16(2,3)15-11-7-10-14(12-15)13-8-5-4-6-9-13/h13-15H,4-12H2,1-3H3. The first-order chi connectivity index (χ1) is 7.57. The zero-order valence-corrected chi connectivity index (χ0v) is 11.6. The Morgan fingerprint density at radius 2 is 1.31 bits per heavy atom. The molecule has 2 rings (SSSR count). The lowest BCUT2D eigenvalue weighted by Gasteiger charge is -2.41. The van der Waals surface area contributed by atoms with Crippen molar-refractivity contribution >= 4 is 0 Å². The van der Waals surface area contributed by atoms with Crippen molar-refractivity contribution < 1.29 is 0 Å². The molecule has 2 aliphatic rings. The Kier molecular flexibility index (Phi) is 3.97. The van der Waals surface area contributed by atoms with E-state index in [9.17, 15) is 0 Å². The van der Waals surface area contributed by atoms with Crippen molar-refractivity contribution in [1.82, 2.24) is 0 Å². The predicted molar refractivity (Wildman–Crippen MR) is 71.5 cm³/mol. The van der Waals surface area contributed by atoms with Crippen molar-refractivity contribution in [3.63, 3.8) is 0 Å². The van der Waals surface area contributed by atoms with Gasteiger partial charge in [0.25, 0.3) is 0 Å². The van der Waals surface area contributed by atoms with Gasteiger partial charge in [-0.2, -0.15) is 0 Å². The Balaban J connectivity index is 1.90. The van der Waals surface area contributed by atoms with Gasteiger partial charge in [0.1, 0.15) is 0 Å². The molecule has 0 saturated heterocycles. The van der Waals surface area contributed by atoms with E-state index in [1.807, 2.05) is 0 Å². The zero-order chi connectivity index (χ0) is 11.6. The maximum atomic E-state index is 2.45. The molecule has 0 aromatic carbocycles. The van der Waals surface area contributed by atoms with Gasteiger partial charge in [-0.3, -0.25) is 0 Å². The van der Waals surface area contributed by atoms with E-state index >= 15 is 0 Å². The van der Waals surface area contributed by atoms with Crippen LogP contribution in [0.4, 0.5) is 0 Å². The van der Waals surface area contributed by atoms with Gasteiger partial charge >= 0.3 is 0 Å². The van der Waals surface area contributed by atoms with Crippen LogP contribution in [0.1, 0.15) is 78.6 Å². The molecule has 0 amide bonds. The van der Waals surface area contributed by atoms with Crippen LogP contribution in [0.15, 0.2) is 0 Å². The third-order valence-corrected chi connectivity index (χ3v) is 5.26. The average molecular weight is 222 g/mol. The first-order valence-corrected chi connectivity index (χ1v) is 7.57. The lowest BCUT2D eigenvalue weighted by Crippen LogP contribution is -2.30. The Hall–Kier alpha value is 0. The summed E-state index contributed by atoms with van der Waals surface area (Å²) < 4.78 is 0. The van der Waals surface area contributed by atoms with Crippen LogP contribution in [-0.4, -0.2) is 0 Å². The molecule has 0 nitrogen and oxygen atoms in total. The molecular formula is C16H30. The molecule has 0 heterocycles. The predicted octanol–water partition coefficient (Wildman–Crippen LogP) is 5.42. The summed E-state index contributed by atoms with van der Waals surface area (Å²) in [6, 6.07) is 0. The molecule has 2 fully saturated rings. The van der Waals surface area contributed by atoms with Gasteiger partial charge in [0.2, 0.25) is 0 Å². The van der Waals surface area contributed by atoms with E-state index in [2.05, 4.69) is 20.8 Å². The van der Waals surface area contributed by atoms with E-state index in [0.717, 1.165) is 17.8 Å². The summed E-state index contributed by atoms with van der Waals surface area (Å²) >= 11 is 0. The van der Waals surface area contributed by atoms with Gasteiger partial charge in [0, 0.05) is 0 Å². The summed E-state index contributed by atoms with van der Waals surface area (Å²) in [5, 5.41) is 0. The summed E-state index contributed by atoms with van der Waals surface area (Å²) in [6.45, 7) is 7.34. The van der Waals surface area contributed by atoms with E-state index < -0.39 is 0 Å². The van der Waals surface area contributed by atoms with E-state index in [0.29, 0.717) is 5.41 Å². The van der Waals surface area contributed by atoms with Crippen LogP contribution in [0.3, 0.4) is 0 Å². The maximum absolute atomic E-state index is 2.45. The fourth-order valence-corrected chi connectivity index (χ4v) is 4.05. The lowest BCUT2D eigenvalue weighted by atomic mass is 9.64. The molecule has 2 aliphatic carbocycles. The van der Waals surface area contributed by atoms with E-state index in [-0.39, 0.29) is 0 Å². The summed E-state index contributed by atoms with van der Waals surface area (Å²) in [4.78, 5) is 0. The Labute approximate surface area is 102 Å². The van der Waals surface area contributed by atoms with Crippen LogP contribution in [-0.2, 0) is 0 Å². The van der Waals surface area contributed by atoms with E-state index in [4.69, 9.17) is 0 Å². The van der Waals surface area contributed by atoms with Crippen molar-refractivity contribution in [2.45, 2.75) is 78.6 Å². The topological polar surface area (TPSA) is 0 Å². The molecule has 0 radical (unpaired) electrons. The average Bonchev–Trinajstić information content (AvgIpc) is 2.29. The molecule has 2 unspecified atom stereocenters. The minimum Gasteiger partial charge on any atom is -0.0599 e. The fourth-order valence-electron chi connectivity index (χ4n) is 4.05. The van der Waals surface area contributed by atoms with Crippen LogP contribution in [0.25, 0.3) is 0 Å². The van der Waals surface area contributed by atoms with Crippen molar-refractivity contribution in [1.29, 1.82) is 0 Å².